The number of nitrogens with two attached hydrogens (primary N) is 1. The van der Waals surface area contributed by atoms with Gasteiger partial charge in [-0.3, -0.25) is 0 Å². The molecule has 0 radical (unpaired) electrons. The Labute approximate surface area is 97.9 Å². The molecule has 0 aromatic rings. The average Bonchev–Trinajstić information content (AvgIpc) is 2.27. The van der Waals surface area contributed by atoms with Crippen molar-refractivity contribution in [2.45, 2.75) is 20.3 Å². The molecule has 0 unspecified atom stereocenters. The number of hydrogen-bond donors (Lipinski definition) is 2. The molecule has 0 aromatic heterocycles. The lowest BCUT2D eigenvalue weighted by Gasteiger charge is -2.35. The van der Waals surface area contributed by atoms with Gasteiger partial charge < -0.3 is 20.7 Å². The van der Waals surface area contributed by atoms with Crippen molar-refractivity contribution in [3.05, 3.63) is 0 Å². The molecule has 1 rings (SSSR count). The largest absolute Gasteiger partial charge is 0.409 e. The van der Waals surface area contributed by atoms with Gasteiger partial charge in [-0.25, -0.2) is 0 Å². The summed E-state index contributed by atoms with van der Waals surface area (Å²) in [7, 11) is 0. The number of hydrogen-bond acceptors (Lipinski definition) is 4. The highest BCUT2D eigenvalue weighted by atomic mass is 16.4. The van der Waals surface area contributed by atoms with E-state index >= 15 is 0 Å². The molecule has 5 nitrogen and oxygen atoms in total. The van der Waals surface area contributed by atoms with Gasteiger partial charge in [0.1, 0.15) is 5.84 Å². The molecule has 0 aliphatic carbocycles. The fraction of sp³-hybridized carbons (Fsp3) is 0.909. The first-order valence-corrected chi connectivity index (χ1v) is 6.03. The van der Waals surface area contributed by atoms with Crippen LogP contribution in [0.25, 0.3) is 0 Å². The molecule has 1 saturated heterocycles. The number of oxime groups is 1. The van der Waals surface area contributed by atoms with E-state index < -0.39 is 0 Å². The van der Waals surface area contributed by atoms with Crippen LogP contribution in [0.4, 0.5) is 0 Å². The first-order valence-electron chi connectivity index (χ1n) is 6.03. The number of rotatable bonds is 5. The zero-order valence-electron chi connectivity index (χ0n) is 10.4. The third-order valence-electron chi connectivity index (χ3n) is 2.90. The molecule has 0 spiro atoms. The number of piperazine rings is 1. The highest BCUT2D eigenvalue weighted by Crippen LogP contribution is 2.05. The normalized spacial score (nSPS) is 20.6. The summed E-state index contributed by atoms with van der Waals surface area (Å²) in [6, 6.07) is 0. The van der Waals surface area contributed by atoms with Crippen LogP contribution in [-0.4, -0.2) is 60.1 Å². The standard InChI is InChI=1S/C11H24N4O/c1-10(2)9-15-7-5-14(6-8-15)4-3-11(12)13-16/h10,16H,3-9H2,1-2H3,(H2,12,13). The Kier molecular flexibility index (Phi) is 5.55. The van der Waals surface area contributed by atoms with Crippen molar-refractivity contribution >= 4 is 5.84 Å². The monoisotopic (exact) mass is 228 g/mol. The second-order valence-electron chi connectivity index (χ2n) is 4.88. The summed E-state index contributed by atoms with van der Waals surface area (Å²) in [5, 5.41) is 11.4. The average molecular weight is 228 g/mol. The third kappa shape index (κ3) is 4.81. The topological polar surface area (TPSA) is 65.1 Å². The van der Waals surface area contributed by atoms with Crippen molar-refractivity contribution in [2.75, 3.05) is 39.3 Å². The summed E-state index contributed by atoms with van der Waals surface area (Å²) in [5.74, 6) is 1.06. The second kappa shape index (κ2) is 6.70. The molecule has 0 saturated carbocycles. The molecule has 0 atom stereocenters. The predicted octanol–water partition coefficient (Wildman–Crippen LogP) is 0.397. The van der Waals surface area contributed by atoms with Gasteiger partial charge in [0.05, 0.1) is 0 Å². The highest BCUT2D eigenvalue weighted by Gasteiger charge is 2.17. The molecule has 1 heterocycles. The lowest BCUT2D eigenvalue weighted by molar-refractivity contribution is 0.124. The lowest BCUT2D eigenvalue weighted by Crippen LogP contribution is -2.47. The molecule has 0 amide bonds. The van der Waals surface area contributed by atoms with Crippen LogP contribution in [0.5, 0.6) is 0 Å². The molecule has 1 aliphatic rings. The van der Waals surface area contributed by atoms with Gasteiger partial charge in [-0.2, -0.15) is 0 Å². The number of amidine groups is 1. The van der Waals surface area contributed by atoms with Crippen molar-refractivity contribution < 1.29 is 5.21 Å². The molecule has 1 fully saturated rings. The van der Waals surface area contributed by atoms with Crippen molar-refractivity contribution in [3.63, 3.8) is 0 Å². The van der Waals surface area contributed by atoms with Gasteiger partial charge in [-0.05, 0) is 5.92 Å². The fourth-order valence-electron chi connectivity index (χ4n) is 2.03. The molecular weight excluding hydrogens is 204 g/mol. The van der Waals surface area contributed by atoms with Gasteiger partial charge in [0, 0.05) is 45.7 Å². The summed E-state index contributed by atoms with van der Waals surface area (Å²) in [6.07, 6.45) is 0.653. The van der Waals surface area contributed by atoms with Crippen LogP contribution in [0.15, 0.2) is 5.16 Å². The van der Waals surface area contributed by atoms with Gasteiger partial charge in [0.2, 0.25) is 0 Å². The van der Waals surface area contributed by atoms with E-state index in [-0.39, 0.29) is 0 Å². The van der Waals surface area contributed by atoms with E-state index in [1.807, 2.05) is 0 Å². The molecule has 16 heavy (non-hydrogen) atoms. The van der Waals surface area contributed by atoms with Crippen molar-refractivity contribution in [1.82, 2.24) is 9.80 Å². The van der Waals surface area contributed by atoms with Crippen molar-refractivity contribution in [2.24, 2.45) is 16.8 Å². The maximum atomic E-state index is 8.44. The van der Waals surface area contributed by atoms with Crippen LogP contribution in [0.3, 0.4) is 0 Å². The van der Waals surface area contributed by atoms with Crippen LogP contribution < -0.4 is 5.73 Å². The number of nitrogens with zero attached hydrogens (tertiary/aromatic N) is 3. The van der Waals surface area contributed by atoms with Crippen LogP contribution in [-0.2, 0) is 0 Å². The summed E-state index contributed by atoms with van der Waals surface area (Å²) >= 11 is 0. The first-order chi connectivity index (χ1) is 7.61. The fourth-order valence-corrected chi connectivity index (χ4v) is 2.03. The van der Waals surface area contributed by atoms with E-state index in [9.17, 15) is 0 Å². The third-order valence-corrected chi connectivity index (χ3v) is 2.90. The zero-order chi connectivity index (χ0) is 12.0. The van der Waals surface area contributed by atoms with Crippen molar-refractivity contribution in [1.29, 1.82) is 0 Å². The second-order valence-corrected chi connectivity index (χ2v) is 4.88. The molecule has 3 N–H and O–H groups in total. The van der Waals surface area contributed by atoms with E-state index in [4.69, 9.17) is 10.9 Å². The van der Waals surface area contributed by atoms with E-state index in [0.717, 1.165) is 38.6 Å². The summed E-state index contributed by atoms with van der Waals surface area (Å²) < 4.78 is 0. The molecule has 0 aromatic carbocycles. The van der Waals surface area contributed by atoms with Crippen LogP contribution >= 0.6 is 0 Å². The Bertz CT molecular complexity index is 222. The zero-order valence-corrected chi connectivity index (χ0v) is 10.4. The smallest absolute Gasteiger partial charge is 0.140 e. The van der Waals surface area contributed by atoms with Gasteiger partial charge in [0.15, 0.2) is 0 Å². The van der Waals surface area contributed by atoms with Gasteiger partial charge in [-0.1, -0.05) is 19.0 Å². The Morgan fingerprint density at radius 3 is 2.31 bits per heavy atom. The summed E-state index contributed by atoms with van der Waals surface area (Å²) in [5.41, 5.74) is 5.45. The molecule has 5 heteroatoms. The van der Waals surface area contributed by atoms with Crippen LogP contribution in [0, 0.1) is 5.92 Å². The highest BCUT2D eigenvalue weighted by molar-refractivity contribution is 5.79. The van der Waals surface area contributed by atoms with Crippen molar-refractivity contribution in [3.8, 4) is 0 Å². The molecule has 94 valence electrons. The van der Waals surface area contributed by atoms with E-state index in [1.54, 1.807) is 0 Å². The van der Waals surface area contributed by atoms with Gasteiger partial charge in [-0.15, -0.1) is 0 Å². The van der Waals surface area contributed by atoms with Gasteiger partial charge >= 0.3 is 0 Å². The van der Waals surface area contributed by atoms with E-state index in [2.05, 4.69) is 28.8 Å². The van der Waals surface area contributed by atoms with Crippen LogP contribution in [0.1, 0.15) is 20.3 Å². The molecule has 0 bridgehead atoms. The Morgan fingerprint density at radius 2 is 1.81 bits per heavy atom. The summed E-state index contributed by atoms with van der Waals surface area (Å²) in [6.45, 7) is 11.0. The maximum absolute atomic E-state index is 8.44. The predicted molar refractivity (Wildman–Crippen MR) is 65.7 cm³/mol. The lowest BCUT2D eigenvalue weighted by atomic mass is 10.2. The molecule has 1 aliphatic heterocycles. The summed E-state index contributed by atoms with van der Waals surface area (Å²) in [4.78, 5) is 4.87. The van der Waals surface area contributed by atoms with Gasteiger partial charge in [0.25, 0.3) is 0 Å². The Hall–Kier alpha value is -0.810. The minimum Gasteiger partial charge on any atom is -0.409 e. The maximum Gasteiger partial charge on any atom is 0.140 e. The quantitative estimate of drug-likeness (QED) is 0.309. The van der Waals surface area contributed by atoms with E-state index in [1.165, 1.54) is 6.54 Å². The SMILES string of the molecule is CC(C)CN1CCN(CCC(N)=NO)CC1. The first kappa shape index (κ1) is 13.3. The Balaban J connectivity index is 2.17. The van der Waals surface area contributed by atoms with Crippen LogP contribution in [0.2, 0.25) is 0 Å². The molecular formula is C11H24N4O. The van der Waals surface area contributed by atoms with E-state index in [0.29, 0.717) is 12.3 Å². The minimum absolute atomic E-state index is 0.324. The Morgan fingerprint density at radius 1 is 1.25 bits per heavy atom. The minimum atomic E-state index is 0.324.